The Labute approximate surface area is 134 Å². The van der Waals surface area contributed by atoms with E-state index >= 15 is 0 Å². The van der Waals surface area contributed by atoms with Gasteiger partial charge in [-0.2, -0.15) is 0 Å². The first-order chi connectivity index (χ1) is 9.99. The Balaban J connectivity index is 2.22. The summed E-state index contributed by atoms with van der Waals surface area (Å²) >= 11 is 11.9. The number of hydrogen-bond donors (Lipinski definition) is 1. The van der Waals surface area contributed by atoms with Gasteiger partial charge in [-0.1, -0.05) is 35.3 Å². The zero-order chi connectivity index (χ0) is 15.4. The lowest BCUT2D eigenvalue weighted by molar-refractivity contribution is 0.0752. The molecule has 0 aliphatic rings. The Kier molecular flexibility index (Phi) is 5.10. The number of carbonyl (C=O) groups is 1. The van der Waals surface area contributed by atoms with E-state index in [1.807, 2.05) is 25.1 Å². The molecule has 2 N–H and O–H groups in total. The van der Waals surface area contributed by atoms with Gasteiger partial charge in [-0.25, -0.2) is 0 Å². The van der Waals surface area contributed by atoms with E-state index in [-0.39, 0.29) is 5.91 Å². The number of benzene rings is 2. The molecule has 0 aliphatic heterocycles. The van der Waals surface area contributed by atoms with Gasteiger partial charge in [-0.3, -0.25) is 4.79 Å². The maximum Gasteiger partial charge on any atom is 0.254 e. The quantitative estimate of drug-likeness (QED) is 0.856. The standard InChI is InChI=1S/C16H16Cl2N2O/c1-2-20(10-11-4-3-5-13(17)6-11)16(21)12-7-14(18)9-15(19)8-12/h3-9H,2,10,19H2,1H3. The molecule has 0 atom stereocenters. The highest BCUT2D eigenvalue weighted by atomic mass is 35.5. The van der Waals surface area contributed by atoms with E-state index in [1.165, 1.54) is 0 Å². The van der Waals surface area contributed by atoms with E-state index in [0.29, 0.717) is 34.4 Å². The van der Waals surface area contributed by atoms with Crippen molar-refractivity contribution in [2.24, 2.45) is 0 Å². The maximum atomic E-state index is 12.5. The molecule has 0 saturated carbocycles. The molecule has 0 saturated heterocycles. The lowest BCUT2D eigenvalue weighted by Crippen LogP contribution is -2.30. The second-order valence-corrected chi connectivity index (χ2v) is 5.60. The number of nitrogen functional groups attached to an aromatic ring is 1. The number of halogens is 2. The number of amides is 1. The van der Waals surface area contributed by atoms with Crippen molar-refractivity contribution in [1.29, 1.82) is 0 Å². The van der Waals surface area contributed by atoms with Crippen LogP contribution in [0.25, 0.3) is 0 Å². The fraction of sp³-hybridized carbons (Fsp3) is 0.188. The van der Waals surface area contributed by atoms with E-state index in [1.54, 1.807) is 29.2 Å². The fourth-order valence-corrected chi connectivity index (χ4v) is 2.56. The SMILES string of the molecule is CCN(Cc1cccc(Cl)c1)C(=O)c1cc(N)cc(Cl)c1. The van der Waals surface area contributed by atoms with Gasteiger partial charge in [0.15, 0.2) is 0 Å². The summed E-state index contributed by atoms with van der Waals surface area (Å²) in [5, 5.41) is 1.11. The van der Waals surface area contributed by atoms with Crippen LogP contribution in [0.3, 0.4) is 0 Å². The highest BCUT2D eigenvalue weighted by Gasteiger charge is 2.15. The van der Waals surface area contributed by atoms with Crippen molar-refractivity contribution in [2.45, 2.75) is 13.5 Å². The van der Waals surface area contributed by atoms with Crippen LogP contribution in [0.4, 0.5) is 5.69 Å². The molecule has 0 spiro atoms. The molecule has 5 heteroatoms. The highest BCUT2D eigenvalue weighted by Crippen LogP contribution is 2.19. The summed E-state index contributed by atoms with van der Waals surface area (Å²) in [6, 6.07) is 12.3. The van der Waals surface area contributed by atoms with Crippen molar-refractivity contribution in [3.63, 3.8) is 0 Å². The van der Waals surface area contributed by atoms with Crippen molar-refractivity contribution in [3.8, 4) is 0 Å². The molecule has 0 fully saturated rings. The van der Waals surface area contributed by atoms with Gasteiger partial charge in [0.05, 0.1) is 0 Å². The molecule has 0 bridgehead atoms. The summed E-state index contributed by atoms with van der Waals surface area (Å²) in [4.78, 5) is 14.3. The third-order valence-corrected chi connectivity index (χ3v) is 3.55. The first-order valence-electron chi connectivity index (χ1n) is 6.59. The number of anilines is 1. The highest BCUT2D eigenvalue weighted by molar-refractivity contribution is 6.31. The smallest absolute Gasteiger partial charge is 0.254 e. The van der Waals surface area contributed by atoms with Crippen molar-refractivity contribution < 1.29 is 4.79 Å². The van der Waals surface area contributed by atoms with E-state index in [0.717, 1.165) is 5.56 Å². The molecule has 2 aromatic carbocycles. The predicted molar refractivity (Wildman–Crippen MR) is 87.7 cm³/mol. The van der Waals surface area contributed by atoms with E-state index in [2.05, 4.69) is 0 Å². The second kappa shape index (κ2) is 6.83. The summed E-state index contributed by atoms with van der Waals surface area (Å²) in [5.74, 6) is -0.105. The van der Waals surface area contributed by atoms with Gasteiger partial charge in [0.1, 0.15) is 0 Å². The van der Waals surface area contributed by atoms with Gasteiger partial charge in [0.25, 0.3) is 5.91 Å². The Hall–Kier alpha value is -1.71. The normalized spacial score (nSPS) is 10.4. The van der Waals surface area contributed by atoms with Gasteiger partial charge < -0.3 is 10.6 Å². The van der Waals surface area contributed by atoms with Crippen LogP contribution in [-0.2, 0) is 6.54 Å². The molecule has 0 unspecified atom stereocenters. The first-order valence-corrected chi connectivity index (χ1v) is 7.35. The topological polar surface area (TPSA) is 46.3 Å². The van der Waals surface area contributed by atoms with Gasteiger partial charge in [0, 0.05) is 34.4 Å². The van der Waals surface area contributed by atoms with Crippen molar-refractivity contribution in [1.82, 2.24) is 4.90 Å². The Morgan fingerprint density at radius 3 is 2.52 bits per heavy atom. The van der Waals surface area contributed by atoms with Crippen LogP contribution in [0.5, 0.6) is 0 Å². The van der Waals surface area contributed by atoms with Crippen molar-refractivity contribution in [3.05, 3.63) is 63.6 Å². The van der Waals surface area contributed by atoms with Crippen LogP contribution in [0, 0.1) is 0 Å². The Morgan fingerprint density at radius 2 is 1.90 bits per heavy atom. The van der Waals surface area contributed by atoms with E-state index in [4.69, 9.17) is 28.9 Å². The number of nitrogens with two attached hydrogens (primary N) is 1. The van der Waals surface area contributed by atoms with Crippen LogP contribution >= 0.6 is 23.2 Å². The van der Waals surface area contributed by atoms with Gasteiger partial charge in [0.2, 0.25) is 0 Å². The minimum Gasteiger partial charge on any atom is -0.399 e. The molecule has 110 valence electrons. The summed E-state index contributed by atoms with van der Waals surface area (Å²) in [6.07, 6.45) is 0. The maximum absolute atomic E-state index is 12.5. The molecule has 2 rings (SSSR count). The first kappa shape index (κ1) is 15.7. The molecule has 1 amide bonds. The lowest BCUT2D eigenvalue weighted by Gasteiger charge is -2.21. The second-order valence-electron chi connectivity index (χ2n) is 4.72. The molecule has 2 aromatic rings. The van der Waals surface area contributed by atoms with Crippen molar-refractivity contribution >= 4 is 34.8 Å². The summed E-state index contributed by atoms with van der Waals surface area (Å²) in [7, 11) is 0. The van der Waals surface area contributed by atoms with Crippen LogP contribution in [0.2, 0.25) is 10.0 Å². The summed E-state index contributed by atoms with van der Waals surface area (Å²) in [5.41, 5.74) is 7.68. The number of carbonyl (C=O) groups excluding carboxylic acids is 1. The molecule has 0 heterocycles. The third-order valence-electron chi connectivity index (χ3n) is 3.10. The van der Waals surface area contributed by atoms with Crippen LogP contribution < -0.4 is 5.73 Å². The molecule has 0 aliphatic carbocycles. The predicted octanol–water partition coefficient (Wildman–Crippen LogP) is 4.24. The molecular formula is C16H16Cl2N2O. The van der Waals surface area contributed by atoms with E-state index < -0.39 is 0 Å². The zero-order valence-corrected chi connectivity index (χ0v) is 13.2. The van der Waals surface area contributed by atoms with E-state index in [9.17, 15) is 4.79 Å². The Bertz CT molecular complexity index is 638. The number of rotatable bonds is 4. The minimum atomic E-state index is -0.105. The van der Waals surface area contributed by atoms with Gasteiger partial charge >= 0.3 is 0 Å². The molecule has 0 aromatic heterocycles. The molecule has 0 radical (unpaired) electrons. The summed E-state index contributed by atoms with van der Waals surface area (Å²) < 4.78 is 0. The van der Waals surface area contributed by atoms with Gasteiger partial charge in [-0.05, 0) is 42.8 Å². The van der Waals surface area contributed by atoms with Gasteiger partial charge in [-0.15, -0.1) is 0 Å². The largest absolute Gasteiger partial charge is 0.399 e. The fourth-order valence-electron chi connectivity index (χ4n) is 2.10. The Morgan fingerprint density at radius 1 is 1.14 bits per heavy atom. The number of nitrogens with zero attached hydrogens (tertiary/aromatic N) is 1. The van der Waals surface area contributed by atoms with Crippen LogP contribution in [0.15, 0.2) is 42.5 Å². The molecular weight excluding hydrogens is 307 g/mol. The number of hydrogen-bond acceptors (Lipinski definition) is 2. The van der Waals surface area contributed by atoms with Crippen LogP contribution in [0.1, 0.15) is 22.8 Å². The third kappa shape index (κ3) is 4.13. The van der Waals surface area contributed by atoms with Crippen molar-refractivity contribution in [2.75, 3.05) is 12.3 Å². The molecule has 3 nitrogen and oxygen atoms in total. The monoisotopic (exact) mass is 322 g/mol. The summed E-state index contributed by atoms with van der Waals surface area (Å²) in [6.45, 7) is 3.00. The minimum absolute atomic E-state index is 0.105. The van der Waals surface area contributed by atoms with Crippen LogP contribution in [-0.4, -0.2) is 17.4 Å². The average molecular weight is 323 g/mol. The lowest BCUT2D eigenvalue weighted by atomic mass is 10.1. The average Bonchev–Trinajstić information content (AvgIpc) is 2.43. The zero-order valence-electron chi connectivity index (χ0n) is 11.6. The molecule has 21 heavy (non-hydrogen) atoms.